The highest BCUT2D eigenvalue weighted by molar-refractivity contribution is 14.1. The molecule has 1 heterocycles. The van der Waals surface area contributed by atoms with Crippen LogP contribution in [0.4, 0.5) is 17.1 Å². The van der Waals surface area contributed by atoms with Gasteiger partial charge in [-0.2, -0.15) is 0 Å². The Morgan fingerprint density at radius 2 is 1.52 bits per heavy atom. The van der Waals surface area contributed by atoms with Crippen molar-refractivity contribution in [2.45, 2.75) is 18.3 Å². The van der Waals surface area contributed by atoms with Gasteiger partial charge in [0.1, 0.15) is 0 Å². The van der Waals surface area contributed by atoms with Gasteiger partial charge in [0.15, 0.2) is 0 Å². The van der Waals surface area contributed by atoms with Gasteiger partial charge in [0.05, 0.1) is 5.56 Å². The number of H-pyrrole nitrogens is 1. The largest absolute Gasteiger partial charge is 0.364 e. The quantitative estimate of drug-likeness (QED) is 0.356. The monoisotopic (exact) mass is 445 g/mol. The van der Waals surface area contributed by atoms with Crippen LogP contribution in [-0.4, -0.2) is 10.9 Å². The van der Waals surface area contributed by atoms with E-state index in [4.69, 9.17) is 0 Å². The van der Waals surface area contributed by atoms with Crippen molar-refractivity contribution in [1.82, 2.24) is 4.98 Å². The number of carbonyl (C=O) groups is 1. The third-order valence-corrected chi connectivity index (χ3v) is 5.06. The summed E-state index contributed by atoms with van der Waals surface area (Å²) in [4.78, 5) is 15.4. The van der Waals surface area contributed by atoms with E-state index in [9.17, 15) is 4.79 Å². The molecule has 0 atom stereocenters. The Bertz CT molecular complexity index is 867. The number of anilines is 3. The summed E-state index contributed by atoms with van der Waals surface area (Å²) in [6, 6.07) is 16.1. The fraction of sp³-hybridized carbons (Fsp3) is 0.150. The van der Waals surface area contributed by atoms with Crippen LogP contribution in [0.2, 0.25) is 0 Å². The second-order valence-corrected chi connectivity index (χ2v) is 6.70. The molecule has 3 aromatic rings. The van der Waals surface area contributed by atoms with Gasteiger partial charge in [-0.1, -0.05) is 34.7 Å². The van der Waals surface area contributed by atoms with E-state index in [1.54, 1.807) is 6.20 Å². The summed E-state index contributed by atoms with van der Waals surface area (Å²) in [6.07, 6.45) is 1.75. The first-order valence-electron chi connectivity index (χ1n) is 8.05. The van der Waals surface area contributed by atoms with Crippen LogP contribution in [-0.2, 0) is 4.43 Å². The lowest BCUT2D eigenvalue weighted by Gasteiger charge is -2.09. The van der Waals surface area contributed by atoms with E-state index in [0.717, 1.165) is 32.7 Å². The number of hydrogen-bond acceptors (Lipinski definition) is 2. The lowest BCUT2D eigenvalue weighted by atomic mass is 10.1. The predicted molar refractivity (Wildman–Crippen MR) is 112 cm³/mol. The van der Waals surface area contributed by atoms with Crippen molar-refractivity contribution < 1.29 is 4.79 Å². The van der Waals surface area contributed by atoms with Crippen molar-refractivity contribution in [3.8, 4) is 0 Å². The Labute approximate surface area is 161 Å². The van der Waals surface area contributed by atoms with Gasteiger partial charge in [0.2, 0.25) is 0 Å². The zero-order chi connectivity index (χ0) is 17.8. The van der Waals surface area contributed by atoms with E-state index < -0.39 is 0 Å². The number of amides is 1. The number of hydrogen-bond donors (Lipinski definition) is 3. The number of aromatic nitrogens is 1. The fourth-order valence-electron chi connectivity index (χ4n) is 2.51. The Morgan fingerprint density at radius 1 is 0.960 bits per heavy atom. The van der Waals surface area contributed by atoms with Crippen LogP contribution >= 0.6 is 22.6 Å². The summed E-state index contributed by atoms with van der Waals surface area (Å²) in [5, 5.41) is 6.29. The molecule has 3 rings (SSSR count). The van der Waals surface area contributed by atoms with Crippen molar-refractivity contribution in [1.29, 1.82) is 0 Å². The van der Waals surface area contributed by atoms with Crippen molar-refractivity contribution in [3.63, 3.8) is 0 Å². The first-order valence-corrected chi connectivity index (χ1v) is 9.57. The molecule has 25 heavy (non-hydrogen) atoms. The molecular formula is C20H20IN3O. The number of benzene rings is 2. The van der Waals surface area contributed by atoms with Gasteiger partial charge in [0, 0.05) is 33.4 Å². The lowest BCUT2D eigenvalue weighted by Crippen LogP contribution is -2.12. The number of aryl methyl sites for hydroxylation is 1. The first-order chi connectivity index (χ1) is 12.1. The van der Waals surface area contributed by atoms with Crippen LogP contribution in [0.3, 0.4) is 0 Å². The molecule has 0 fully saturated rings. The van der Waals surface area contributed by atoms with Gasteiger partial charge >= 0.3 is 0 Å². The average molecular weight is 445 g/mol. The summed E-state index contributed by atoms with van der Waals surface area (Å²) in [6.45, 7) is 3.90. The third kappa shape index (κ3) is 4.22. The van der Waals surface area contributed by atoms with Gasteiger partial charge < -0.3 is 15.6 Å². The summed E-state index contributed by atoms with van der Waals surface area (Å²) >= 11 is 2.35. The van der Waals surface area contributed by atoms with Crippen molar-refractivity contribution in [3.05, 3.63) is 77.1 Å². The molecule has 4 nitrogen and oxygen atoms in total. The molecule has 0 saturated carbocycles. The van der Waals surface area contributed by atoms with E-state index in [-0.39, 0.29) is 5.91 Å². The molecule has 0 aliphatic rings. The summed E-state index contributed by atoms with van der Waals surface area (Å²) < 4.78 is 1.01. The number of aromatic amines is 1. The summed E-state index contributed by atoms with van der Waals surface area (Å²) in [7, 11) is 0. The average Bonchev–Trinajstić information content (AvgIpc) is 2.96. The topological polar surface area (TPSA) is 56.9 Å². The second kappa shape index (κ2) is 7.74. The molecule has 0 aliphatic heterocycles. The SMILES string of the molecule is Cc1[nH]cc(C(=O)Nc2ccc(Nc3ccc(CI)cc3)cc2)c1C. The first kappa shape index (κ1) is 17.5. The van der Waals surface area contributed by atoms with E-state index >= 15 is 0 Å². The Hall–Kier alpha value is -2.28. The Balaban J connectivity index is 1.65. The van der Waals surface area contributed by atoms with Crippen molar-refractivity contribution in [2.75, 3.05) is 10.6 Å². The van der Waals surface area contributed by atoms with Crippen LogP contribution in [0, 0.1) is 13.8 Å². The minimum absolute atomic E-state index is 0.100. The summed E-state index contributed by atoms with van der Waals surface area (Å²) in [5.41, 5.74) is 6.77. The molecule has 3 N–H and O–H groups in total. The number of alkyl halides is 1. The lowest BCUT2D eigenvalue weighted by molar-refractivity contribution is 0.102. The molecule has 5 heteroatoms. The van der Waals surface area contributed by atoms with Gasteiger partial charge in [0.25, 0.3) is 5.91 Å². The Kier molecular flexibility index (Phi) is 5.43. The molecule has 1 amide bonds. The standard InChI is InChI=1S/C20H20IN3O/c1-13-14(2)22-12-19(13)20(25)24-18-9-7-17(8-10-18)23-16-5-3-15(11-21)4-6-16/h3-10,12,22-23H,11H2,1-2H3,(H,24,25). The molecule has 0 radical (unpaired) electrons. The maximum Gasteiger partial charge on any atom is 0.257 e. The predicted octanol–water partition coefficient (Wildman–Crippen LogP) is 5.56. The zero-order valence-electron chi connectivity index (χ0n) is 14.2. The number of halogens is 1. The maximum atomic E-state index is 12.3. The van der Waals surface area contributed by atoms with E-state index in [1.807, 2.05) is 38.1 Å². The van der Waals surface area contributed by atoms with Gasteiger partial charge in [-0.3, -0.25) is 4.79 Å². The molecule has 0 unspecified atom stereocenters. The highest BCUT2D eigenvalue weighted by atomic mass is 127. The molecule has 0 spiro atoms. The zero-order valence-corrected chi connectivity index (χ0v) is 16.3. The summed E-state index contributed by atoms with van der Waals surface area (Å²) in [5.74, 6) is -0.100. The number of carbonyl (C=O) groups excluding carboxylic acids is 1. The fourth-order valence-corrected chi connectivity index (χ4v) is 3.02. The van der Waals surface area contributed by atoms with E-state index in [2.05, 4.69) is 62.5 Å². The highest BCUT2D eigenvalue weighted by Crippen LogP contribution is 2.21. The molecule has 2 aromatic carbocycles. The van der Waals surface area contributed by atoms with Crippen molar-refractivity contribution >= 4 is 45.6 Å². The van der Waals surface area contributed by atoms with Gasteiger partial charge in [-0.05, 0) is 61.4 Å². The molecule has 0 bridgehead atoms. The van der Waals surface area contributed by atoms with Crippen LogP contribution in [0.25, 0.3) is 0 Å². The van der Waals surface area contributed by atoms with E-state index in [1.165, 1.54) is 5.56 Å². The molecular weight excluding hydrogens is 425 g/mol. The normalized spacial score (nSPS) is 10.5. The van der Waals surface area contributed by atoms with Crippen LogP contribution < -0.4 is 10.6 Å². The minimum atomic E-state index is -0.100. The Morgan fingerprint density at radius 3 is 2.04 bits per heavy atom. The third-order valence-electron chi connectivity index (χ3n) is 4.18. The molecule has 0 aliphatic carbocycles. The van der Waals surface area contributed by atoms with E-state index in [0.29, 0.717) is 5.56 Å². The smallest absolute Gasteiger partial charge is 0.257 e. The van der Waals surface area contributed by atoms with Crippen LogP contribution in [0.5, 0.6) is 0 Å². The maximum absolute atomic E-state index is 12.3. The molecule has 0 saturated heterocycles. The minimum Gasteiger partial charge on any atom is -0.364 e. The highest BCUT2D eigenvalue weighted by Gasteiger charge is 2.12. The molecule has 128 valence electrons. The van der Waals surface area contributed by atoms with Gasteiger partial charge in [-0.15, -0.1) is 0 Å². The van der Waals surface area contributed by atoms with Gasteiger partial charge in [-0.25, -0.2) is 0 Å². The second-order valence-electron chi connectivity index (χ2n) is 5.94. The molecule has 1 aromatic heterocycles. The van der Waals surface area contributed by atoms with Crippen LogP contribution in [0.15, 0.2) is 54.7 Å². The van der Waals surface area contributed by atoms with Crippen LogP contribution in [0.1, 0.15) is 27.2 Å². The van der Waals surface area contributed by atoms with Crippen molar-refractivity contribution in [2.24, 2.45) is 0 Å². The number of rotatable bonds is 5. The number of nitrogens with one attached hydrogen (secondary N) is 3.